The van der Waals surface area contributed by atoms with E-state index in [1.54, 1.807) is 0 Å². The summed E-state index contributed by atoms with van der Waals surface area (Å²) in [5.74, 6) is 0.747. The van der Waals surface area contributed by atoms with E-state index in [1.807, 2.05) is 24.3 Å². The van der Waals surface area contributed by atoms with E-state index in [0.717, 1.165) is 42.8 Å². The number of benzene rings is 1. The van der Waals surface area contributed by atoms with Crippen LogP contribution in [0.25, 0.3) is 6.08 Å². The number of hydrogen-bond donors (Lipinski definition) is 3. The van der Waals surface area contributed by atoms with E-state index in [2.05, 4.69) is 30.1 Å². The maximum atomic E-state index is 10.5. The van der Waals surface area contributed by atoms with Crippen LogP contribution in [-0.2, 0) is 5.60 Å². The summed E-state index contributed by atoms with van der Waals surface area (Å²) in [4.78, 5) is 0. The largest absolute Gasteiger partial charge is 0.385 e. The summed E-state index contributed by atoms with van der Waals surface area (Å²) >= 11 is 4.13. The third-order valence-electron chi connectivity index (χ3n) is 3.29. The number of hydrogen-bond acceptors (Lipinski definition) is 3. The maximum absolute atomic E-state index is 10.5. The molecule has 0 aliphatic carbocycles. The minimum Gasteiger partial charge on any atom is -0.385 e. The summed E-state index contributed by atoms with van der Waals surface area (Å²) in [5, 5.41) is 13.8. The normalized spacial score (nSPS) is 19.6. The van der Waals surface area contributed by atoms with Crippen LogP contribution in [0.5, 0.6) is 0 Å². The Labute approximate surface area is 108 Å². The van der Waals surface area contributed by atoms with Crippen molar-refractivity contribution in [3.05, 3.63) is 41.5 Å². The quantitative estimate of drug-likeness (QED) is 0.718. The summed E-state index contributed by atoms with van der Waals surface area (Å²) in [5.41, 5.74) is 1.54. The Morgan fingerprint density at radius 2 is 1.88 bits per heavy atom. The third kappa shape index (κ3) is 3.12. The maximum Gasteiger partial charge on any atom is 0.0920 e. The number of piperidine rings is 1. The van der Waals surface area contributed by atoms with Crippen molar-refractivity contribution in [3.8, 4) is 0 Å². The van der Waals surface area contributed by atoms with Crippen LogP contribution in [0, 0.1) is 0 Å². The molecule has 0 amide bonds. The number of nitrogens with one attached hydrogen (secondary N) is 1. The first-order valence-corrected chi connectivity index (χ1v) is 6.69. The molecule has 0 bridgehead atoms. The highest BCUT2D eigenvalue weighted by atomic mass is 32.1. The zero-order chi connectivity index (χ0) is 12.1. The van der Waals surface area contributed by atoms with Gasteiger partial charge in [0.05, 0.1) is 5.60 Å². The average molecular weight is 249 g/mol. The lowest BCUT2D eigenvalue weighted by atomic mass is 9.85. The van der Waals surface area contributed by atoms with E-state index in [4.69, 9.17) is 0 Å². The zero-order valence-electron chi connectivity index (χ0n) is 9.89. The summed E-state index contributed by atoms with van der Waals surface area (Å²) < 4.78 is 0. The second-order valence-electron chi connectivity index (χ2n) is 4.49. The van der Waals surface area contributed by atoms with Gasteiger partial charge in [-0.05, 0) is 37.1 Å². The molecule has 1 aliphatic rings. The Morgan fingerprint density at radius 3 is 2.47 bits per heavy atom. The Morgan fingerprint density at radius 1 is 1.24 bits per heavy atom. The molecule has 1 heterocycles. The topological polar surface area (TPSA) is 32.3 Å². The summed E-state index contributed by atoms with van der Waals surface area (Å²) in [6.07, 6.45) is 5.64. The number of rotatable bonds is 3. The Balaban J connectivity index is 2.14. The lowest BCUT2D eigenvalue weighted by Crippen LogP contribution is -2.39. The van der Waals surface area contributed by atoms with Crippen LogP contribution in [-0.4, -0.2) is 23.9 Å². The third-order valence-corrected chi connectivity index (χ3v) is 3.51. The van der Waals surface area contributed by atoms with E-state index >= 15 is 0 Å². The molecule has 3 heteroatoms. The fraction of sp³-hybridized carbons (Fsp3) is 0.429. The molecular weight excluding hydrogens is 230 g/mol. The van der Waals surface area contributed by atoms with Crippen LogP contribution in [0.2, 0.25) is 0 Å². The highest BCUT2D eigenvalue weighted by Gasteiger charge is 2.30. The molecule has 1 fully saturated rings. The van der Waals surface area contributed by atoms with Gasteiger partial charge >= 0.3 is 0 Å². The molecule has 0 atom stereocenters. The van der Waals surface area contributed by atoms with Gasteiger partial charge in [0, 0.05) is 5.75 Å². The van der Waals surface area contributed by atoms with E-state index < -0.39 is 5.60 Å². The van der Waals surface area contributed by atoms with Crippen molar-refractivity contribution in [3.63, 3.8) is 0 Å². The molecule has 1 saturated heterocycles. The fourth-order valence-corrected chi connectivity index (χ4v) is 2.33. The molecule has 0 aromatic heterocycles. The highest BCUT2D eigenvalue weighted by molar-refractivity contribution is 7.80. The standard InChI is InChI=1S/C14H19NOS/c16-14(7-9-15-10-8-14)13-5-3-12(4-6-13)2-1-11-17/h1-6,15-17H,7-11H2. The lowest BCUT2D eigenvalue weighted by Gasteiger charge is -2.33. The summed E-state index contributed by atoms with van der Waals surface area (Å²) in [6.45, 7) is 1.77. The van der Waals surface area contributed by atoms with E-state index in [1.165, 1.54) is 0 Å². The van der Waals surface area contributed by atoms with Gasteiger partial charge < -0.3 is 10.4 Å². The van der Waals surface area contributed by atoms with Gasteiger partial charge in [0.15, 0.2) is 0 Å². The Hall–Kier alpha value is -0.770. The molecular formula is C14H19NOS. The summed E-state index contributed by atoms with van der Waals surface area (Å²) in [6, 6.07) is 8.16. The SMILES string of the molecule is OC1(c2ccc(C=CCS)cc2)CCNCC1. The first-order valence-electron chi connectivity index (χ1n) is 6.06. The minimum absolute atomic E-state index is 0.642. The van der Waals surface area contributed by atoms with Crippen molar-refractivity contribution < 1.29 is 5.11 Å². The van der Waals surface area contributed by atoms with Gasteiger partial charge in [-0.25, -0.2) is 0 Å². The Kier molecular flexibility index (Phi) is 4.26. The number of thiol groups is 1. The predicted molar refractivity (Wildman–Crippen MR) is 75.3 cm³/mol. The molecule has 0 saturated carbocycles. The van der Waals surface area contributed by atoms with E-state index in [9.17, 15) is 5.11 Å². The van der Waals surface area contributed by atoms with Crippen LogP contribution < -0.4 is 5.32 Å². The van der Waals surface area contributed by atoms with Gasteiger partial charge in [0.2, 0.25) is 0 Å². The van der Waals surface area contributed by atoms with Crippen molar-refractivity contribution in [2.75, 3.05) is 18.8 Å². The minimum atomic E-state index is -0.642. The second-order valence-corrected chi connectivity index (χ2v) is 4.85. The fourth-order valence-electron chi connectivity index (χ4n) is 2.22. The van der Waals surface area contributed by atoms with E-state index in [0.29, 0.717) is 0 Å². The first-order chi connectivity index (χ1) is 8.24. The first kappa shape index (κ1) is 12.7. The summed E-state index contributed by atoms with van der Waals surface area (Å²) in [7, 11) is 0. The van der Waals surface area contributed by atoms with Crippen molar-refractivity contribution in [2.24, 2.45) is 0 Å². The highest BCUT2D eigenvalue weighted by Crippen LogP contribution is 2.30. The van der Waals surface area contributed by atoms with Gasteiger partial charge in [-0.3, -0.25) is 0 Å². The van der Waals surface area contributed by atoms with Crippen molar-refractivity contribution in [1.29, 1.82) is 0 Å². The average Bonchev–Trinajstić information content (AvgIpc) is 2.38. The zero-order valence-corrected chi connectivity index (χ0v) is 10.8. The van der Waals surface area contributed by atoms with Crippen LogP contribution in [0.4, 0.5) is 0 Å². The molecule has 2 nitrogen and oxygen atoms in total. The molecule has 0 radical (unpaired) electrons. The van der Waals surface area contributed by atoms with Crippen molar-refractivity contribution in [1.82, 2.24) is 5.32 Å². The van der Waals surface area contributed by atoms with Crippen molar-refractivity contribution in [2.45, 2.75) is 18.4 Å². The van der Waals surface area contributed by atoms with Crippen molar-refractivity contribution >= 4 is 18.7 Å². The molecule has 92 valence electrons. The van der Waals surface area contributed by atoms with Crippen LogP contribution >= 0.6 is 12.6 Å². The number of aliphatic hydroxyl groups is 1. The molecule has 1 aliphatic heterocycles. The van der Waals surface area contributed by atoms with Gasteiger partial charge in [0.1, 0.15) is 0 Å². The van der Waals surface area contributed by atoms with Gasteiger partial charge in [-0.2, -0.15) is 12.6 Å². The van der Waals surface area contributed by atoms with Gasteiger partial charge in [0.25, 0.3) is 0 Å². The lowest BCUT2D eigenvalue weighted by molar-refractivity contribution is 0.00594. The Bertz CT molecular complexity index is 380. The van der Waals surface area contributed by atoms with Crippen LogP contribution in [0.3, 0.4) is 0 Å². The smallest absolute Gasteiger partial charge is 0.0920 e. The molecule has 17 heavy (non-hydrogen) atoms. The monoisotopic (exact) mass is 249 g/mol. The van der Waals surface area contributed by atoms with E-state index in [-0.39, 0.29) is 0 Å². The molecule has 0 spiro atoms. The molecule has 0 unspecified atom stereocenters. The van der Waals surface area contributed by atoms with Crippen LogP contribution in [0.1, 0.15) is 24.0 Å². The molecule has 2 N–H and O–H groups in total. The van der Waals surface area contributed by atoms with Gasteiger partial charge in [-0.1, -0.05) is 36.4 Å². The molecule has 2 rings (SSSR count). The molecule has 1 aromatic rings. The molecule has 1 aromatic carbocycles. The van der Waals surface area contributed by atoms with Gasteiger partial charge in [-0.15, -0.1) is 0 Å². The second kappa shape index (κ2) is 5.71. The predicted octanol–water partition coefficient (Wildman–Crippen LogP) is 2.20. The van der Waals surface area contributed by atoms with Crippen LogP contribution in [0.15, 0.2) is 30.3 Å².